The van der Waals surface area contributed by atoms with Crippen molar-refractivity contribution in [3.05, 3.63) is 9.93 Å². The standard InChI is InChI=1S/C12H14N2O5S2.Na/c15-7-5-9-14(7)10(11(17)18)12(21-9)20-6-8(16)13-1-3-19-4-2-13;/h9H,1-6H2,(H,17,18);/q;+1/p-1/t9-;/m0./s1. The van der Waals surface area contributed by atoms with Crippen molar-refractivity contribution in [2.24, 2.45) is 0 Å². The number of carboxylic acid groups (broad SMARTS) is 1. The first-order valence-corrected chi connectivity index (χ1v) is 8.37. The van der Waals surface area contributed by atoms with E-state index in [4.69, 9.17) is 4.74 Å². The van der Waals surface area contributed by atoms with Crippen LogP contribution in [0.15, 0.2) is 9.93 Å². The zero-order valence-corrected chi connectivity index (χ0v) is 15.7. The van der Waals surface area contributed by atoms with Crippen molar-refractivity contribution in [1.29, 1.82) is 0 Å². The number of fused-ring (bicyclic) bond motifs is 1. The second kappa shape index (κ2) is 7.59. The Labute approximate surface area is 158 Å². The van der Waals surface area contributed by atoms with Crippen molar-refractivity contribution < 1.29 is 53.8 Å². The topological polar surface area (TPSA) is 90.0 Å². The maximum Gasteiger partial charge on any atom is 1.00 e. The molecule has 7 nitrogen and oxygen atoms in total. The van der Waals surface area contributed by atoms with Crippen LogP contribution < -0.4 is 34.7 Å². The Bertz CT molecular complexity index is 536. The molecule has 0 aromatic carbocycles. The van der Waals surface area contributed by atoms with Crippen LogP contribution in [0.25, 0.3) is 0 Å². The van der Waals surface area contributed by atoms with Gasteiger partial charge in [0.25, 0.3) is 0 Å². The number of carbonyl (C=O) groups is 3. The predicted octanol–water partition coefficient (Wildman–Crippen LogP) is -4.19. The van der Waals surface area contributed by atoms with Crippen molar-refractivity contribution in [1.82, 2.24) is 9.80 Å². The Kier molecular flexibility index (Phi) is 6.26. The first kappa shape index (κ1) is 18.2. The fourth-order valence-corrected chi connectivity index (χ4v) is 4.98. The van der Waals surface area contributed by atoms with Crippen LogP contribution in [-0.2, 0) is 19.1 Å². The predicted molar refractivity (Wildman–Crippen MR) is 74.7 cm³/mol. The van der Waals surface area contributed by atoms with Crippen molar-refractivity contribution in [2.45, 2.75) is 11.8 Å². The number of amides is 2. The minimum atomic E-state index is -1.36. The van der Waals surface area contributed by atoms with Crippen molar-refractivity contribution in [2.75, 3.05) is 32.1 Å². The second-order valence-corrected chi connectivity index (χ2v) is 7.18. The summed E-state index contributed by atoms with van der Waals surface area (Å²) < 4.78 is 5.67. The molecule has 0 radical (unpaired) electrons. The summed E-state index contributed by atoms with van der Waals surface area (Å²) in [7, 11) is 0. The van der Waals surface area contributed by atoms with E-state index in [-0.39, 0.29) is 58.2 Å². The Balaban J connectivity index is 0.00000176. The normalized spacial score (nSPS) is 23.8. The molecule has 2 amide bonds. The van der Waals surface area contributed by atoms with Gasteiger partial charge in [-0.05, 0) is 0 Å². The third-order valence-corrected chi connectivity index (χ3v) is 6.01. The van der Waals surface area contributed by atoms with Gasteiger partial charge in [0.2, 0.25) is 11.8 Å². The quantitative estimate of drug-likeness (QED) is 0.374. The molecule has 114 valence electrons. The van der Waals surface area contributed by atoms with E-state index in [9.17, 15) is 19.5 Å². The van der Waals surface area contributed by atoms with E-state index < -0.39 is 5.97 Å². The van der Waals surface area contributed by atoms with Gasteiger partial charge in [-0.2, -0.15) is 0 Å². The Morgan fingerprint density at radius 2 is 2.05 bits per heavy atom. The molecule has 0 aromatic heterocycles. The van der Waals surface area contributed by atoms with Gasteiger partial charge in [-0.25, -0.2) is 0 Å². The van der Waals surface area contributed by atoms with Crippen LogP contribution in [0, 0.1) is 0 Å². The number of morpholine rings is 1. The molecule has 0 aliphatic carbocycles. The van der Waals surface area contributed by atoms with Gasteiger partial charge >= 0.3 is 29.6 Å². The van der Waals surface area contributed by atoms with E-state index in [2.05, 4.69) is 0 Å². The molecule has 3 rings (SSSR count). The molecule has 3 aliphatic heterocycles. The first-order valence-electron chi connectivity index (χ1n) is 6.50. The fourth-order valence-electron chi connectivity index (χ4n) is 2.34. The summed E-state index contributed by atoms with van der Waals surface area (Å²) >= 11 is 2.49. The van der Waals surface area contributed by atoms with E-state index >= 15 is 0 Å². The summed E-state index contributed by atoms with van der Waals surface area (Å²) in [5, 5.41) is 11.0. The molecule has 0 aromatic rings. The minimum absolute atomic E-state index is 0. The number of β-lactam (4-membered cyclic amide) rings is 1. The maximum absolute atomic E-state index is 12.0. The Hall–Kier alpha value is -0.190. The van der Waals surface area contributed by atoms with Crippen LogP contribution in [0.4, 0.5) is 0 Å². The monoisotopic (exact) mass is 352 g/mol. The van der Waals surface area contributed by atoms with E-state index in [1.54, 1.807) is 4.90 Å². The molecule has 2 fully saturated rings. The largest absolute Gasteiger partial charge is 1.00 e. The summed E-state index contributed by atoms with van der Waals surface area (Å²) in [6.07, 6.45) is 0.336. The number of carbonyl (C=O) groups excluding carboxylic acids is 3. The van der Waals surface area contributed by atoms with E-state index in [0.717, 1.165) is 0 Å². The Morgan fingerprint density at radius 1 is 1.36 bits per heavy atom. The van der Waals surface area contributed by atoms with Gasteiger partial charge in [0.05, 0.1) is 46.7 Å². The molecule has 0 unspecified atom stereocenters. The van der Waals surface area contributed by atoms with E-state index in [1.807, 2.05) is 0 Å². The SMILES string of the molecule is O=C([O-])C1=C(SCC(=O)N2CCOCC2)S[C@H]2CC(=O)N12.[Na+]. The number of hydrogen-bond acceptors (Lipinski definition) is 7. The van der Waals surface area contributed by atoms with Crippen LogP contribution in [0.5, 0.6) is 0 Å². The Morgan fingerprint density at radius 3 is 2.64 bits per heavy atom. The summed E-state index contributed by atoms with van der Waals surface area (Å²) in [5.74, 6) is -1.45. The second-order valence-electron chi connectivity index (χ2n) is 4.75. The molecular formula is C12H13N2NaO5S2. The number of hydrogen-bond donors (Lipinski definition) is 0. The van der Waals surface area contributed by atoms with Gasteiger partial charge in [-0.3, -0.25) is 14.5 Å². The number of rotatable bonds is 4. The number of carboxylic acids is 1. The van der Waals surface area contributed by atoms with E-state index in [0.29, 0.717) is 37.0 Å². The molecule has 10 heteroatoms. The molecule has 0 N–H and O–H groups in total. The molecule has 0 bridgehead atoms. The van der Waals surface area contributed by atoms with Gasteiger partial charge < -0.3 is 19.5 Å². The van der Waals surface area contributed by atoms with Crippen LogP contribution in [0.1, 0.15) is 6.42 Å². The first-order chi connectivity index (χ1) is 10.1. The van der Waals surface area contributed by atoms with Crippen LogP contribution in [0.2, 0.25) is 0 Å². The summed E-state index contributed by atoms with van der Waals surface area (Å²) in [6, 6.07) is 0. The van der Waals surface area contributed by atoms with Crippen molar-refractivity contribution in [3.8, 4) is 0 Å². The van der Waals surface area contributed by atoms with Crippen LogP contribution in [0.3, 0.4) is 0 Å². The number of nitrogens with zero attached hydrogens (tertiary/aromatic N) is 2. The molecular weight excluding hydrogens is 339 g/mol. The molecule has 3 aliphatic rings. The van der Waals surface area contributed by atoms with Crippen LogP contribution >= 0.6 is 23.5 Å². The summed E-state index contributed by atoms with van der Waals surface area (Å²) in [5.41, 5.74) is -0.0824. The molecule has 0 spiro atoms. The minimum Gasteiger partial charge on any atom is -0.543 e. The van der Waals surface area contributed by atoms with Gasteiger partial charge in [-0.1, -0.05) is 11.8 Å². The smallest absolute Gasteiger partial charge is 0.543 e. The average Bonchev–Trinajstić information content (AvgIpc) is 2.78. The third kappa shape index (κ3) is 3.49. The van der Waals surface area contributed by atoms with Crippen molar-refractivity contribution >= 4 is 41.3 Å². The summed E-state index contributed by atoms with van der Waals surface area (Å²) in [6.45, 7) is 2.18. The van der Waals surface area contributed by atoms with Gasteiger partial charge in [0.1, 0.15) is 0 Å². The number of thioether (sulfide) groups is 2. The molecule has 22 heavy (non-hydrogen) atoms. The molecule has 2 saturated heterocycles. The van der Waals surface area contributed by atoms with Gasteiger partial charge in [-0.15, -0.1) is 11.8 Å². The van der Waals surface area contributed by atoms with Gasteiger partial charge in [0, 0.05) is 13.1 Å². The third-order valence-electron chi connectivity index (χ3n) is 3.47. The number of aliphatic carboxylic acids is 1. The average molecular weight is 352 g/mol. The van der Waals surface area contributed by atoms with Crippen LogP contribution in [-0.4, -0.2) is 65.0 Å². The maximum atomic E-state index is 12.0. The fraction of sp³-hybridized carbons (Fsp3) is 0.583. The zero-order chi connectivity index (χ0) is 15.0. The molecule has 0 saturated carbocycles. The van der Waals surface area contributed by atoms with Gasteiger partial charge in [0.15, 0.2) is 0 Å². The number of ether oxygens (including phenoxy) is 1. The molecule has 3 heterocycles. The zero-order valence-electron chi connectivity index (χ0n) is 12.1. The summed E-state index contributed by atoms with van der Waals surface area (Å²) in [4.78, 5) is 37.6. The molecule has 1 atom stereocenters. The van der Waals surface area contributed by atoms with Crippen molar-refractivity contribution in [3.63, 3.8) is 0 Å². The van der Waals surface area contributed by atoms with E-state index in [1.165, 1.54) is 28.4 Å².